The van der Waals surface area contributed by atoms with Gasteiger partial charge in [-0.1, -0.05) is 54.2 Å². The van der Waals surface area contributed by atoms with E-state index in [0.29, 0.717) is 11.3 Å². The van der Waals surface area contributed by atoms with Gasteiger partial charge in [0.2, 0.25) is 0 Å². The summed E-state index contributed by atoms with van der Waals surface area (Å²) in [7, 11) is 0. The third kappa shape index (κ3) is 3.22. The van der Waals surface area contributed by atoms with Gasteiger partial charge < -0.3 is 0 Å². The molecule has 22 heavy (non-hydrogen) atoms. The summed E-state index contributed by atoms with van der Waals surface area (Å²) in [4.78, 5) is 7.89. The predicted molar refractivity (Wildman–Crippen MR) is 80.5 cm³/mol. The van der Waals surface area contributed by atoms with Gasteiger partial charge >= 0.3 is 6.18 Å². The Kier molecular flexibility index (Phi) is 4.02. The van der Waals surface area contributed by atoms with Crippen molar-refractivity contribution in [1.29, 1.82) is 0 Å². The van der Waals surface area contributed by atoms with E-state index in [9.17, 15) is 13.2 Å². The van der Waals surface area contributed by atoms with Gasteiger partial charge in [0, 0.05) is 5.75 Å². The van der Waals surface area contributed by atoms with Crippen LogP contribution in [0.4, 0.5) is 13.2 Å². The Balaban J connectivity index is 1.99. The number of alkyl halides is 3. The first kappa shape index (κ1) is 14.8. The minimum absolute atomic E-state index is 0.0879. The molecule has 2 nitrogen and oxygen atoms in total. The van der Waals surface area contributed by atoms with Gasteiger partial charge in [-0.25, -0.2) is 9.97 Å². The number of aromatic nitrogens is 2. The van der Waals surface area contributed by atoms with Crippen LogP contribution in [0.1, 0.15) is 11.3 Å². The van der Waals surface area contributed by atoms with Crippen molar-refractivity contribution in [2.75, 3.05) is 0 Å². The highest BCUT2D eigenvalue weighted by atomic mass is 32.2. The molecule has 0 spiro atoms. The van der Waals surface area contributed by atoms with Crippen molar-refractivity contribution in [2.45, 2.75) is 17.0 Å². The van der Waals surface area contributed by atoms with Crippen molar-refractivity contribution >= 4 is 22.8 Å². The molecule has 0 aliphatic heterocycles. The van der Waals surface area contributed by atoms with Gasteiger partial charge in [0.25, 0.3) is 0 Å². The predicted octanol–water partition coefficient (Wildman–Crippen LogP) is 4.94. The number of halogens is 3. The fraction of sp³-hybridized carbons (Fsp3) is 0.125. The van der Waals surface area contributed by atoms with Gasteiger partial charge in [0.15, 0.2) is 5.69 Å². The van der Waals surface area contributed by atoms with Crippen LogP contribution in [-0.2, 0) is 11.9 Å². The van der Waals surface area contributed by atoms with Crippen LogP contribution in [0.15, 0.2) is 59.6 Å². The summed E-state index contributed by atoms with van der Waals surface area (Å²) in [5.74, 6) is 0.414. The molecule has 0 aliphatic carbocycles. The molecule has 0 atom stereocenters. The number of rotatable bonds is 3. The van der Waals surface area contributed by atoms with Crippen molar-refractivity contribution in [3.05, 3.63) is 65.9 Å². The second kappa shape index (κ2) is 5.96. The summed E-state index contributed by atoms with van der Waals surface area (Å²) in [5, 5.41) is -0.0879. The molecule has 0 fully saturated rings. The van der Waals surface area contributed by atoms with Gasteiger partial charge in [0.05, 0.1) is 11.0 Å². The fourth-order valence-corrected chi connectivity index (χ4v) is 2.95. The van der Waals surface area contributed by atoms with Crippen LogP contribution in [0, 0.1) is 0 Å². The molecule has 2 aromatic carbocycles. The van der Waals surface area contributed by atoms with E-state index in [0.717, 1.165) is 17.3 Å². The summed E-state index contributed by atoms with van der Waals surface area (Å²) in [6, 6.07) is 15.9. The summed E-state index contributed by atoms with van der Waals surface area (Å²) in [6.07, 6.45) is -4.52. The second-order valence-corrected chi connectivity index (χ2v) is 5.60. The maximum absolute atomic E-state index is 13.2. The average molecular weight is 320 g/mol. The van der Waals surface area contributed by atoms with Crippen molar-refractivity contribution in [1.82, 2.24) is 9.97 Å². The maximum Gasteiger partial charge on any atom is 0.436 e. The number of hydrogen-bond acceptors (Lipinski definition) is 3. The van der Waals surface area contributed by atoms with E-state index >= 15 is 0 Å². The zero-order valence-corrected chi connectivity index (χ0v) is 12.2. The number of hydrogen-bond donors (Lipinski definition) is 0. The molecule has 1 aromatic heterocycles. The standard InChI is InChI=1S/C16H11F3N2S/c17-16(18,19)14-15(22-10-11-6-2-1-3-7-11)21-13-9-5-4-8-12(13)20-14/h1-9H,10H2. The van der Waals surface area contributed by atoms with E-state index in [-0.39, 0.29) is 10.5 Å². The van der Waals surface area contributed by atoms with Gasteiger partial charge in [-0.2, -0.15) is 13.2 Å². The molecule has 0 bridgehead atoms. The van der Waals surface area contributed by atoms with Gasteiger partial charge in [-0.05, 0) is 17.7 Å². The minimum Gasteiger partial charge on any atom is -0.239 e. The van der Waals surface area contributed by atoms with Crippen LogP contribution in [0.25, 0.3) is 11.0 Å². The van der Waals surface area contributed by atoms with Gasteiger partial charge in [-0.15, -0.1) is 0 Å². The lowest BCUT2D eigenvalue weighted by molar-refractivity contribution is -0.143. The Hall–Kier alpha value is -2.08. The van der Waals surface area contributed by atoms with Crippen LogP contribution in [0.2, 0.25) is 0 Å². The van der Waals surface area contributed by atoms with Crippen LogP contribution in [-0.4, -0.2) is 9.97 Å². The molecule has 3 aromatic rings. The Labute approximate surface area is 129 Å². The summed E-state index contributed by atoms with van der Waals surface area (Å²) < 4.78 is 39.6. The first-order valence-corrected chi connectivity index (χ1v) is 7.53. The normalized spacial score (nSPS) is 11.8. The molecular formula is C16H11F3N2S. The lowest BCUT2D eigenvalue weighted by Crippen LogP contribution is -2.11. The quantitative estimate of drug-likeness (QED) is 0.639. The number of thioether (sulfide) groups is 1. The molecular weight excluding hydrogens is 309 g/mol. The molecule has 112 valence electrons. The van der Waals surface area contributed by atoms with Gasteiger partial charge in [-0.3, -0.25) is 0 Å². The van der Waals surface area contributed by atoms with E-state index in [1.165, 1.54) is 6.07 Å². The lowest BCUT2D eigenvalue weighted by Gasteiger charge is -2.12. The Morgan fingerprint density at radius 1 is 0.818 bits per heavy atom. The van der Waals surface area contributed by atoms with E-state index in [1.54, 1.807) is 18.2 Å². The fourth-order valence-electron chi connectivity index (χ4n) is 2.00. The van der Waals surface area contributed by atoms with Gasteiger partial charge in [0.1, 0.15) is 5.03 Å². The highest BCUT2D eigenvalue weighted by molar-refractivity contribution is 7.98. The van der Waals surface area contributed by atoms with Crippen molar-refractivity contribution < 1.29 is 13.2 Å². The molecule has 0 saturated carbocycles. The monoisotopic (exact) mass is 320 g/mol. The van der Waals surface area contributed by atoms with Crippen LogP contribution >= 0.6 is 11.8 Å². The average Bonchev–Trinajstić information content (AvgIpc) is 2.52. The van der Waals surface area contributed by atoms with Crippen LogP contribution in [0.3, 0.4) is 0 Å². The molecule has 0 N–H and O–H groups in total. The Morgan fingerprint density at radius 2 is 1.41 bits per heavy atom. The topological polar surface area (TPSA) is 25.8 Å². The molecule has 0 unspecified atom stereocenters. The number of fused-ring (bicyclic) bond motifs is 1. The molecule has 0 aliphatic rings. The largest absolute Gasteiger partial charge is 0.436 e. The molecule has 0 saturated heterocycles. The summed E-state index contributed by atoms with van der Waals surface area (Å²) in [5.41, 5.74) is 0.729. The zero-order valence-electron chi connectivity index (χ0n) is 11.3. The first-order chi connectivity index (χ1) is 10.5. The van der Waals surface area contributed by atoms with E-state index < -0.39 is 11.9 Å². The van der Waals surface area contributed by atoms with E-state index in [1.807, 2.05) is 30.3 Å². The minimum atomic E-state index is -4.52. The number of benzene rings is 2. The molecule has 1 heterocycles. The second-order valence-electron chi connectivity index (χ2n) is 4.64. The number of nitrogens with zero attached hydrogens (tertiary/aromatic N) is 2. The van der Waals surface area contributed by atoms with Crippen molar-refractivity contribution in [3.8, 4) is 0 Å². The smallest absolute Gasteiger partial charge is 0.239 e. The highest BCUT2D eigenvalue weighted by Gasteiger charge is 2.36. The molecule has 6 heteroatoms. The molecule has 3 rings (SSSR count). The number of para-hydroxylation sites is 2. The van der Waals surface area contributed by atoms with Crippen molar-refractivity contribution in [3.63, 3.8) is 0 Å². The van der Waals surface area contributed by atoms with E-state index in [2.05, 4.69) is 9.97 Å². The Morgan fingerprint density at radius 3 is 2.05 bits per heavy atom. The molecule has 0 amide bonds. The third-order valence-electron chi connectivity index (χ3n) is 3.03. The van der Waals surface area contributed by atoms with Crippen LogP contribution in [0.5, 0.6) is 0 Å². The SMILES string of the molecule is FC(F)(F)c1nc2ccccc2nc1SCc1ccccc1. The lowest BCUT2D eigenvalue weighted by atomic mass is 10.2. The summed E-state index contributed by atoms with van der Waals surface area (Å²) in [6.45, 7) is 0. The summed E-state index contributed by atoms with van der Waals surface area (Å²) >= 11 is 1.05. The highest BCUT2D eigenvalue weighted by Crippen LogP contribution is 2.36. The maximum atomic E-state index is 13.2. The third-order valence-corrected chi connectivity index (χ3v) is 4.06. The van der Waals surface area contributed by atoms with Crippen LogP contribution < -0.4 is 0 Å². The van der Waals surface area contributed by atoms with Crippen molar-refractivity contribution in [2.24, 2.45) is 0 Å². The Bertz CT molecular complexity index is 788. The molecule has 0 radical (unpaired) electrons. The first-order valence-electron chi connectivity index (χ1n) is 6.55. The zero-order chi connectivity index (χ0) is 15.6. The van der Waals surface area contributed by atoms with E-state index in [4.69, 9.17) is 0 Å².